The van der Waals surface area contributed by atoms with Crippen molar-refractivity contribution in [2.45, 2.75) is 48.9 Å². The molecule has 1 heterocycles. The molecule has 160 valence electrons. The van der Waals surface area contributed by atoms with Crippen LogP contribution in [0.3, 0.4) is 0 Å². The molecule has 5 atom stereocenters. The van der Waals surface area contributed by atoms with Crippen LogP contribution in [0, 0.1) is 17.8 Å². The molecule has 7 nitrogen and oxygen atoms in total. The molecule has 2 aliphatic rings. The van der Waals surface area contributed by atoms with Gasteiger partial charge in [0.15, 0.2) is 9.84 Å². The zero-order chi connectivity index (χ0) is 21.7. The second kappa shape index (κ2) is 7.59. The lowest BCUT2D eigenvalue weighted by Gasteiger charge is -2.40. The van der Waals surface area contributed by atoms with Crippen molar-refractivity contribution >= 4 is 33.3 Å². The van der Waals surface area contributed by atoms with Gasteiger partial charge in [-0.25, -0.2) is 18.4 Å². The number of benzene rings is 1. The molecule has 4 rings (SSSR count). The number of aliphatic hydroxyl groups is 1. The Morgan fingerprint density at radius 3 is 2.60 bits per heavy atom. The first-order valence-corrected chi connectivity index (χ1v) is 11.9. The van der Waals surface area contributed by atoms with Gasteiger partial charge in [-0.2, -0.15) is 0 Å². The Labute approximate surface area is 180 Å². The van der Waals surface area contributed by atoms with Gasteiger partial charge >= 0.3 is 0 Å². The van der Waals surface area contributed by atoms with E-state index in [1.54, 1.807) is 6.07 Å². The zero-order valence-corrected chi connectivity index (χ0v) is 18.3. The van der Waals surface area contributed by atoms with Crippen LogP contribution in [0.4, 0.5) is 5.95 Å². The summed E-state index contributed by atoms with van der Waals surface area (Å²) in [5.74, 6) is -0.261. The number of fused-ring (bicyclic) bond motifs is 2. The fraction of sp³-hybridized carbons (Fsp3) is 0.476. The summed E-state index contributed by atoms with van der Waals surface area (Å²) in [5, 5.41) is 12.8. The maximum atomic E-state index is 13.5. The Kier molecular flexibility index (Phi) is 5.36. The standard InChI is InChI=1S/C21H24ClN3O4S/c1-12-8-14-10-15(11-16(12)21(14,2)27)30(28,29)18-9-13(4-5-17(18)22)19(26)25-20-23-6-3-7-24-20/h3-7,9,12,14-16,27H,8,10-11H2,1-2H3,(H,23,24,25,26)/t12-,14?,15?,16+,21+/m0/s1. The number of nitrogens with one attached hydrogen (secondary N) is 1. The Morgan fingerprint density at radius 2 is 1.93 bits per heavy atom. The van der Waals surface area contributed by atoms with E-state index in [2.05, 4.69) is 22.2 Å². The van der Waals surface area contributed by atoms with E-state index in [0.717, 1.165) is 6.42 Å². The number of hydrogen-bond donors (Lipinski definition) is 2. The van der Waals surface area contributed by atoms with E-state index in [-0.39, 0.29) is 39.2 Å². The van der Waals surface area contributed by atoms with Crippen LogP contribution in [-0.2, 0) is 9.84 Å². The summed E-state index contributed by atoms with van der Waals surface area (Å²) in [5.41, 5.74) is -0.684. The molecule has 2 aliphatic carbocycles. The molecule has 1 aromatic heterocycles. The lowest BCUT2D eigenvalue weighted by molar-refractivity contribution is -0.0466. The third-order valence-electron chi connectivity index (χ3n) is 6.71. The minimum absolute atomic E-state index is 0.0515. The predicted octanol–water partition coefficient (Wildman–Crippen LogP) is 3.34. The topological polar surface area (TPSA) is 109 Å². The van der Waals surface area contributed by atoms with Gasteiger partial charge in [-0.3, -0.25) is 10.1 Å². The first-order valence-electron chi connectivity index (χ1n) is 9.95. The average molecular weight is 450 g/mol. The van der Waals surface area contributed by atoms with E-state index in [1.165, 1.54) is 30.6 Å². The molecule has 2 saturated carbocycles. The van der Waals surface area contributed by atoms with Gasteiger partial charge in [0.05, 0.1) is 20.8 Å². The molecule has 2 unspecified atom stereocenters. The van der Waals surface area contributed by atoms with Crippen molar-refractivity contribution in [3.63, 3.8) is 0 Å². The highest BCUT2D eigenvalue weighted by atomic mass is 35.5. The largest absolute Gasteiger partial charge is 0.390 e. The molecule has 0 saturated heterocycles. The van der Waals surface area contributed by atoms with E-state index in [1.807, 2.05) is 6.92 Å². The number of amides is 1. The molecule has 1 amide bonds. The van der Waals surface area contributed by atoms with Gasteiger partial charge in [-0.1, -0.05) is 18.5 Å². The van der Waals surface area contributed by atoms with Gasteiger partial charge in [-0.05, 0) is 68.2 Å². The normalized spacial score (nSPS) is 30.8. The molecule has 1 aromatic carbocycles. The van der Waals surface area contributed by atoms with E-state index < -0.39 is 26.6 Å². The number of carbonyl (C=O) groups is 1. The lowest BCUT2D eigenvalue weighted by atomic mass is 9.74. The minimum atomic E-state index is -3.78. The Morgan fingerprint density at radius 1 is 1.23 bits per heavy atom. The average Bonchev–Trinajstić information content (AvgIpc) is 2.83. The fourth-order valence-electron chi connectivity index (χ4n) is 5.07. The van der Waals surface area contributed by atoms with Gasteiger partial charge < -0.3 is 5.11 Å². The zero-order valence-electron chi connectivity index (χ0n) is 16.7. The smallest absolute Gasteiger partial charge is 0.258 e. The van der Waals surface area contributed by atoms with Gasteiger partial charge in [0.25, 0.3) is 5.91 Å². The minimum Gasteiger partial charge on any atom is -0.390 e. The molecule has 0 radical (unpaired) electrons. The summed E-state index contributed by atoms with van der Waals surface area (Å²) in [4.78, 5) is 20.4. The maximum Gasteiger partial charge on any atom is 0.258 e. The van der Waals surface area contributed by atoms with E-state index in [9.17, 15) is 18.3 Å². The molecule has 2 bridgehead atoms. The van der Waals surface area contributed by atoms with Gasteiger partial charge in [0.1, 0.15) is 0 Å². The van der Waals surface area contributed by atoms with Crippen molar-refractivity contribution in [1.82, 2.24) is 9.97 Å². The van der Waals surface area contributed by atoms with Crippen LogP contribution in [0.2, 0.25) is 5.02 Å². The Hall–Kier alpha value is -2.03. The van der Waals surface area contributed by atoms with Crippen LogP contribution in [0.15, 0.2) is 41.6 Å². The second-order valence-corrected chi connectivity index (χ2v) is 11.2. The maximum absolute atomic E-state index is 13.5. The van der Waals surface area contributed by atoms with Gasteiger partial charge in [0.2, 0.25) is 5.95 Å². The van der Waals surface area contributed by atoms with Crippen LogP contribution in [0.1, 0.15) is 43.5 Å². The van der Waals surface area contributed by atoms with Crippen molar-refractivity contribution in [3.8, 4) is 0 Å². The number of nitrogens with zero attached hydrogens (tertiary/aromatic N) is 2. The summed E-state index contributed by atoms with van der Waals surface area (Å²) in [7, 11) is -3.78. The second-order valence-electron chi connectivity index (χ2n) is 8.55. The van der Waals surface area contributed by atoms with Crippen LogP contribution < -0.4 is 5.32 Å². The summed E-state index contributed by atoms with van der Waals surface area (Å²) < 4.78 is 26.9. The van der Waals surface area contributed by atoms with Crippen molar-refractivity contribution in [3.05, 3.63) is 47.2 Å². The summed E-state index contributed by atoms with van der Waals surface area (Å²) in [6.45, 7) is 3.88. The van der Waals surface area contributed by atoms with E-state index in [0.29, 0.717) is 12.8 Å². The number of sulfone groups is 1. The SMILES string of the molecule is C[C@H]1CC2CC(S(=O)(=O)c3cc(C(=O)Nc4ncccn4)ccc3Cl)C[C@H]1[C@]2(C)O. The van der Waals surface area contributed by atoms with Crippen molar-refractivity contribution in [2.24, 2.45) is 17.8 Å². The van der Waals surface area contributed by atoms with Crippen LogP contribution in [0.5, 0.6) is 0 Å². The molecule has 2 N–H and O–H groups in total. The number of carbonyl (C=O) groups excluding carboxylic acids is 1. The summed E-state index contributed by atoms with van der Waals surface area (Å²) in [6, 6.07) is 5.83. The van der Waals surface area contributed by atoms with Gasteiger partial charge in [-0.15, -0.1) is 0 Å². The fourth-order valence-corrected chi connectivity index (χ4v) is 7.44. The molecule has 2 fully saturated rings. The van der Waals surface area contributed by atoms with Crippen LogP contribution >= 0.6 is 11.6 Å². The summed E-state index contributed by atoms with van der Waals surface area (Å²) >= 11 is 6.25. The highest BCUT2D eigenvalue weighted by Gasteiger charge is 2.56. The number of anilines is 1. The quantitative estimate of drug-likeness (QED) is 0.740. The van der Waals surface area contributed by atoms with Crippen molar-refractivity contribution < 1.29 is 18.3 Å². The molecule has 0 spiro atoms. The third-order valence-corrected chi connectivity index (χ3v) is 9.37. The number of rotatable bonds is 4. The Bertz CT molecular complexity index is 1070. The highest BCUT2D eigenvalue weighted by molar-refractivity contribution is 7.92. The monoisotopic (exact) mass is 449 g/mol. The molecule has 2 aromatic rings. The number of hydrogen-bond acceptors (Lipinski definition) is 6. The first kappa shape index (κ1) is 21.2. The van der Waals surface area contributed by atoms with E-state index in [4.69, 9.17) is 11.6 Å². The molecule has 9 heteroatoms. The van der Waals surface area contributed by atoms with Crippen LogP contribution in [0.25, 0.3) is 0 Å². The Balaban J connectivity index is 1.62. The number of aromatic nitrogens is 2. The molecular formula is C21H24ClN3O4S. The van der Waals surface area contributed by atoms with Crippen LogP contribution in [-0.4, -0.2) is 40.3 Å². The van der Waals surface area contributed by atoms with Crippen molar-refractivity contribution in [2.75, 3.05) is 5.32 Å². The summed E-state index contributed by atoms with van der Waals surface area (Å²) in [6.07, 6.45) is 4.58. The molecule has 30 heavy (non-hydrogen) atoms. The predicted molar refractivity (Wildman–Crippen MR) is 113 cm³/mol. The van der Waals surface area contributed by atoms with Crippen molar-refractivity contribution in [1.29, 1.82) is 0 Å². The molecule has 0 aliphatic heterocycles. The highest BCUT2D eigenvalue weighted by Crippen LogP contribution is 2.54. The van der Waals surface area contributed by atoms with E-state index >= 15 is 0 Å². The first-order chi connectivity index (χ1) is 14.1. The lowest BCUT2D eigenvalue weighted by Crippen LogP contribution is -2.46. The van der Waals surface area contributed by atoms with Gasteiger partial charge in [0, 0.05) is 18.0 Å². The molecular weight excluding hydrogens is 426 g/mol. The third kappa shape index (κ3) is 3.61. The number of halogens is 1.